The smallest absolute Gasteiger partial charge is 0.294 e. The minimum Gasteiger partial charge on any atom is -0.294 e. The van der Waals surface area contributed by atoms with Crippen LogP contribution in [0, 0.1) is 0 Å². The first-order valence-electron chi connectivity index (χ1n) is 4.20. The molecule has 0 aliphatic heterocycles. The first-order valence-corrected chi connectivity index (χ1v) is 4.64. The Morgan fingerprint density at radius 2 is 1.80 bits per heavy atom. The molecule has 0 fully saturated rings. The summed E-state index contributed by atoms with van der Waals surface area (Å²) in [6.45, 7) is 0. The molecule has 1 unspecified atom stereocenters. The minimum atomic E-state index is -4.54. The molecule has 1 aromatic rings. The van der Waals surface area contributed by atoms with E-state index in [4.69, 9.17) is 11.6 Å². The molecule has 0 saturated heterocycles. The molecule has 15 heavy (non-hydrogen) atoms. The van der Waals surface area contributed by atoms with Crippen LogP contribution in [0.4, 0.5) is 13.2 Å². The second-order valence-electron chi connectivity index (χ2n) is 3.00. The van der Waals surface area contributed by atoms with Gasteiger partial charge in [-0.05, 0) is 0 Å². The van der Waals surface area contributed by atoms with Gasteiger partial charge < -0.3 is 0 Å². The topological polar surface area (TPSA) is 17.1 Å². The van der Waals surface area contributed by atoms with Gasteiger partial charge in [0, 0.05) is 12.0 Å². The second-order valence-corrected chi connectivity index (χ2v) is 3.53. The van der Waals surface area contributed by atoms with Gasteiger partial charge in [0.25, 0.3) is 0 Å². The summed E-state index contributed by atoms with van der Waals surface area (Å²) in [5.74, 6) is -0.604. The molecule has 1 aromatic carbocycles. The van der Waals surface area contributed by atoms with E-state index in [1.165, 1.54) is 12.1 Å². The van der Waals surface area contributed by atoms with Crippen molar-refractivity contribution in [2.24, 2.45) is 0 Å². The fourth-order valence-electron chi connectivity index (χ4n) is 1.02. The van der Waals surface area contributed by atoms with Crippen molar-refractivity contribution in [3.8, 4) is 0 Å². The number of Topliss-reactive ketones (excluding diaryl/α,β-unsaturated/α-hetero) is 1. The number of rotatable bonds is 3. The van der Waals surface area contributed by atoms with Crippen molar-refractivity contribution in [1.29, 1.82) is 0 Å². The van der Waals surface area contributed by atoms with Crippen LogP contribution < -0.4 is 0 Å². The maximum absolute atomic E-state index is 12.0. The largest absolute Gasteiger partial charge is 0.405 e. The van der Waals surface area contributed by atoms with Crippen LogP contribution in [-0.2, 0) is 0 Å². The molecule has 0 aliphatic carbocycles. The molecule has 1 rings (SSSR count). The lowest BCUT2D eigenvalue weighted by atomic mass is 10.1. The number of ketones is 1. The summed E-state index contributed by atoms with van der Waals surface area (Å²) in [6.07, 6.45) is -5.26. The molecule has 5 heteroatoms. The normalized spacial score (nSPS) is 13.6. The highest BCUT2D eigenvalue weighted by Crippen LogP contribution is 2.28. The fourth-order valence-corrected chi connectivity index (χ4v) is 1.16. The summed E-state index contributed by atoms with van der Waals surface area (Å²) in [7, 11) is 0. The number of halogens is 4. The van der Waals surface area contributed by atoms with Crippen molar-refractivity contribution in [3.63, 3.8) is 0 Å². The molecule has 82 valence electrons. The zero-order valence-electron chi connectivity index (χ0n) is 7.59. The molecule has 0 aliphatic rings. The Morgan fingerprint density at radius 3 is 2.27 bits per heavy atom. The van der Waals surface area contributed by atoms with Gasteiger partial charge in [-0.2, -0.15) is 13.2 Å². The zero-order valence-corrected chi connectivity index (χ0v) is 8.35. The summed E-state index contributed by atoms with van der Waals surface area (Å²) < 4.78 is 36.1. The highest BCUT2D eigenvalue weighted by molar-refractivity contribution is 6.23. The van der Waals surface area contributed by atoms with Crippen molar-refractivity contribution < 1.29 is 18.0 Å². The van der Waals surface area contributed by atoms with Crippen molar-refractivity contribution >= 4 is 17.4 Å². The van der Waals surface area contributed by atoms with Gasteiger partial charge >= 0.3 is 6.18 Å². The van der Waals surface area contributed by atoms with Crippen LogP contribution in [0.5, 0.6) is 0 Å². The standard InChI is InChI=1S/C10H8ClF3O/c11-9(10(12,13)14)6-8(15)7-4-2-1-3-5-7/h1-5,9H,6H2. The molecule has 0 spiro atoms. The second kappa shape index (κ2) is 4.66. The lowest BCUT2D eigenvalue weighted by molar-refractivity contribution is -0.129. The van der Waals surface area contributed by atoms with Gasteiger partial charge in [0.15, 0.2) is 5.78 Å². The van der Waals surface area contributed by atoms with E-state index in [2.05, 4.69) is 0 Å². The molecular weight excluding hydrogens is 229 g/mol. The van der Waals surface area contributed by atoms with Crippen LogP contribution in [-0.4, -0.2) is 17.3 Å². The molecule has 0 amide bonds. The number of alkyl halides is 4. The number of hydrogen-bond donors (Lipinski definition) is 0. The van der Waals surface area contributed by atoms with Gasteiger partial charge in [0.05, 0.1) is 0 Å². The van der Waals surface area contributed by atoms with Gasteiger partial charge in [-0.15, -0.1) is 11.6 Å². The van der Waals surface area contributed by atoms with Crippen molar-refractivity contribution in [2.75, 3.05) is 0 Å². The maximum Gasteiger partial charge on any atom is 0.405 e. The number of carbonyl (C=O) groups excluding carboxylic acids is 1. The van der Waals surface area contributed by atoms with E-state index in [0.29, 0.717) is 0 Å². The van der Waals surface area contributed by atoms with Crippen LogP contribution >= 0.6 is 11.6 Å². The van der Waals surface area contributed by atoms with Crippen LogP contribution in [0.2, 0.25) is 0 Å². The molecular formula is C10H8ClF3O. The number of carbonyl (C=O) groups is 1. The summed E-state index contributed by atoms with van der Waals surface area (Å²) in [6, 6.07) is 7.78. The van der Waals surface area contributed by atoms with Crippen LogP contribution in [0.3, 0.4) is 0 Å². The SMILES string of the molecule is O=C(CC(Cl)C(F)(F)F)c1ccccc1. The van der Waals surface area contributed by atoms with E-state index in [1.807, 2.05) is 0 Å². The van der Waals surface area contributed by atoms with E-state index in [9.17, 15) is 18.0 Å². The lowest BCUT2D eigenvalue weighted by Gasteiger charge is -2.12. The van der Waals surface area contributed by atoms with Crippen LogP contribution in [0.25, 0.3) is 0 Å². The van der Waals surface area contributed by atoms with Crippen LogP contribution in [0.15, 0.2) is 30.3 Å². The highest BCUT2D eigenvalue weighted by Gasteiger charge is 2.39. The Balaban J connectivity index is 2.65. The van der Waals surface area contributed by atoms with Gasteiger partial charge in [-0.1, -0.05) is 30.3 Å². The molecule has 0 bridgehead atoms. The van der Waals surface area contributed by atoms with Gasteiger partial charge in [-0.25, -0.2) is 0 Å². The van der Waals surface area contributed by atoms with Crippen molar-refractivity contribution in [2.45, 2.75) is 18.0 Å². The molecule has 0 N–H and O–H groups in total. The van der Waals surface area contributed by atoms with Crippen molar-refractivity contribution in [3.05, 3.63) is 35.9 Å². The average molecular weight is 237 g/mol. The first-order chi connectivity index (χ1) is 6.91. The molecule has 0 saturated carbocycles. The fraction of sp³-hybridized carbons (Fsp3) is 0.300. The summed E-state index contributed by atoms with van der Waals surface area (Å²) in [5, 5.41) is -2.12. The Labute approximate surface area is 89.9 Å². The Morgan fingerprint density at radius 1 is 1.27 bits per heavy atom. The van der Waals surface area contributed by atoms with E-state index in [-0.39, 0.29) is 5.56 Å². The summed E-state index contributed by atoms with van der Waals surface area (Å²) in [4.78, 5) is 11.3. The monoisotopic (exact) mass is 236 g/mol. The highest BCUT2D eigenvalue weighted by atomic mass is 35.5. The predicted molar refractivity (Wildman–Crippen MR) is 51.1 cm³/mol. The Bertz CT molecular complexity index is 334. The summed E-state index contributed by atoms with van der Waals surface area (Å²) >= 11 is 5.06. The summed E-state index contributed by atoms with van der Waals surface area (Å²) in [5.41, 5.74) is 0.243. The zero-order chi connectivity index (χ0) is 11.5. The number of hydrogen-bond acceptors (Lipinski definition) is 1. The third kappa shape index (κ3) is 3.55. The van der Waals surface area contributed by atoms with Crippen molar-refractivity contribution in [1.82, 2.24) is 0 Å². The van der Waals surface area contributed by atoms with E-state index >= 15 is 0 Å². The molecule has 0 heterocycles. The molecule has 1 nitrogen and oxygen atoms in total. The van der Waals surface area contributed by atoms with Crippen LogP contribution in [0.1, 0.15) is 16.8 Å². The van der Waals surface area contributed by atoms with E-state index in [0.717, 1.165) is 0 Å². The quantitative estimate of drug-likeness (QED) is 0.581. The molecule has 0 aromatic heterocycles. The Kier molecular flexibility index (Phi) is 3.74. The molecule has 0 radical (unpaired) electrons. The van der Waals surface area contributed by atoms with E-state index in [1.54, 1.807) is 18.2 Å². The minimum absolute atomic E-state index is 0.243. The Hall–Kier alpha value is -1.03. The van der Waals surface area contributed by atoms with Gasteiger partial charge in [0.2, 0.25) is 0 Å². The van der Waals surface area contributed by atoms with E-state index < -0.39 is 23.8 Å². The maximum atomic E-state index is 12.0. The number of benzene rings is 1. The average Bonchev–Trinajstić information content (AvgIpc) is 2.17. The third-order valence-electron chi connectivity index (χ3n) is 1.82. The first kappa shape index (κ1) is 12.0. The lowest BCUT2D eigenvalue weighted by Crippen LogP contribution is -2.26. The third-order valence-corrected chi connectivity index (χ3v) is 2.22. The molecule has 1 atom stereocenters. The van der Waals surface area contributed by atoms with Gasteiger partial charge in [0.1, 0.15) is 5.38 Å². The predicted octanol–water partition coefficient (Wildman–Crippen LogP) is 3.43. The van der Waals surface area contributed by atoms with Gasteiger partial charge in [-0.3, -0.25) is 4.79 Å².